The van der Waals surface area contributed by atoms with Gasteiger partial charge in [0.05, 0.1) is 10.7 Å². The first-order valence-electron chi connectivity index (χ1n) is 8.27. The summed E-state index contributed by atoms with van der Waals surface area (Å²) in [7, 11) is -4.40. The molecule has 1 aromatic heterocycles. The zero-order valence-corrected chi connectivity index (χ0v) is 16.7. The van der Waals surface area contributed by atoms with Crippen LogP contribution in [0.3, 0.4) is 0 Å². The van der Waals surface area contributed by atoms with Gasteiger partial charge in [-0.1, -0.05) is 11.6 Å². The number of halogens is 2. The maximum Gasteiger partial charge on any atom is 0.265 e. The van der Waals surface area contributed by atoms with Crippen LogP contribution in [0.15, 0.2) is 40.6 Å². The van der Waals surface area contributed by atoms with E-state index in [0.717, 1.165) is 12.5 Å². The van der Waals surface area contributed by atoms with Crippen LogP contribution < -0.4 is 4.72 Å². The Hall–Kier alpha value is -2.36. The summed E-state index contributed by atoms with van der Waals surface area (Å²) in [6.45, 7) is 1.15. The van der Waals surface area contributed by atoms with Crippen molar-refractivity contribution in [1.29, 1.82) is 0 Å². The van der Waals surface area contributed by atoms with E-state index in [-0.39, 0.29) is 22.2 Å². The van der Waals surface area contributed by atoms with E-state index in [0.29, 0.717) is 23.2 Å². The smallest absolute Gasteiger partial charge is 0.265 e. The number of likely N-dealkylation sites (tertiary alicyclic amines) is 1. The van der Waals surface area contributed by atoms with Gasteiger partial charge in [0.1, 0.15) is 10.7 Å². The van der Waals surface area contributed by atoms with Crippen LogP contribution in [0.1, 0.15) is 16.8 Å². The molecule has 1 amide bonds. The van der Waals surface area contributed by atoms with Gasteiger partial charge < -0.3 is 10.0 Å². The number of aromatic hydroxyl groups is 1. The molecule has 2 N–H and O–H groups in total. The van der Waals surface area contributed by atoms with Crippen LogP contribution >= 0.6 is 22.9 Å². The van der Waals surface area contributed by atoms with E-state index >= 15 is 0 Å². The number of sulfonamides is 1. The van der Waals surface area contributed by atoms with E-state index < -0.39 is 26.5 Å². The highest BCUT2D eigenvalue weighted by atomic mass is 35.5. The maximum absolute atomic E-state index is 14.3. The van der Waals surface area contributed by atoms with Gasteiger partial charge in [-0.2, -0.15) is 0 Å². The summed E-state index contributed by atoms with van der Waals surface area (Å²) in [6, 6.07) is 6.60. The molecule has 0 aliphatic carbocycles. The van der Waals surface area contributed by atoms with Crippen molar-refractivity contribution in [3.8, 4) is 5.75 Å². The molecule has 4 rings (SSSR count). The van der Waals surface area contributed by atoms with Gasteiger partial charge in [0.2, 0.25) is 0 Å². The summed E-state index contributed by atoms with van der Waals surface area (Å²) in [6.07, 6.45) is 0.870. The van der Waals surface area contributed by atoms with E-state index in [4.69, 9.17) is 11.6 Å². The van der Waals surface area contributed by atoms with Crippen molar-refractivity contribution in [2.24, 2.45) is 0 Å². The fourth-order valence-corrected chi connectivity index (χ4v) is 5.14. The lowest BCUT2D eigenvalue weighted by atomic mass is 10.1. The van der Waals surface area contributed by atoms with E-state index in [9.17, 15) is 22.7 Å². The van der Waals surface area contributed by atoms with E-state index in [1.54, 1.807) is 11.4 Å². The second kappa shape index (κ2) is 6.91. The molecule has 146 valence electrons. The van der Waals surface area contributed by atoms with Gasteiger partial charge in [0, 0.05) is 23.4 Å². The third kappa shape index (κ3) is 3.30. The summed E-state index contributed by atoms with van der Waals surface area (Å²) >= 11 is 7.27. The number of nitrogens with zero attached hydrogens (tertiary/aromatic N) is 1. The van der Waals surface area contributed by atoms with Crippen LogP contribution in [-0.2, 0) is 10.0 Å². The topological polar surface area (TPSA) is 86.7 Å². The third-order valence-electron chi connectivity index (χ3n) is 4.49. The minimum Gasteiger partial charge on any atom is -0.505 e. The number of carbonyl (C=O) groups excluding carboxylic acids is 1. The number of carbonyl (C=O) groups is 1. The highest BCUT2D eigenvalue weighted by molar-refractivity contribution is 7.92. The minimum atomic E-state index is -4.40. The molecular formula is C18H14ClFN2O4S2. The number of hydrogen-bond acceptors (Lipinski definition) is 5. The Balaban J connectivity index is 1.74. The second-order valence-electron chi connectivity index (χ2n) is 6.35. The zero-order chi connectivity index (χ0) is 20.1. The average molecular weight is 441 g/mol. The van der Waals surface area contributed by atoms with Gasteiger partial charge in [-0.15, -0.1) is 11.3 Å². The van der Waals surface area contributed by atoms with Gasteiger partial charge in [0.25, 0.3) is 15.9 Å². The highest BCUT2D eigenvalue weighted by Gasteiger charge is 2.28. The summed E-state index contributed by atoms with van der Waals surface area (Å²) in [4.78, 5) is 13.4. The number of anilines is 1. The summed E-state index contributed by atoms with van der Waals surface area (Å²) in [5.41, 5.74) is -0.225. The van der Waals surface area contributed by atoms with Gasteiger partial charge in [-0.05, 0) is 47.5 Å². The van der Waals surface area contributed by atoms with Crippen LogP contribution in [0.4, 0.5) is 10.1 Å². The number of benzene rings is 2. The van der Waals surface area contributed by atoms with Crippen molar-refractivity contribution < 1.29 is 22.7 Å². The highest BCUT2D eigenvalue weighted by Crippen LogP contribution is 2.35. The molecule has 1 aliphatic heterocycles. The molecule has 0 radical (unpaired) electrons. The molecule has 0 saturated carbocycles. The normalized spacial score (nSPS) is 14.1. The fourth-order valence-electron chi connectivity index (χ4n) is 2.87. The molecule has 1 fully saturated rings. The number of thiophene rings is 1. The molecule has 1 aliphatic rings. The third-order valence-corrected chi connectivity index (χ3v) is 7.04. The van der Waals surface area contributed by atoms with Gasteiger partial charge in [-0.3, -0.25) is 9.52 Å². The second-order valence-corrected chi connectivity index (χ2v) is 9.35. The van der Waals surface area contributed by atoms with Gasteiger partial charge >= 0.3 is 0 Å². The van der Waals surface area contributed by atoms with E-state index in [1.807, 2.05) is 0 Å². The number of phenols is 1. The lowest BCUT2D eigenvalue weighted by Gasteiger charge is -2.31. The Morgan fingerprint density at radius 1 is 1.25 bits per heavy atom. The van der Waals surface area contributed by atoms with Crippen molar-refractivity contribution in [3.63, 3.8) is 0 Å². The van der Waals surface area contributed by atoms with Crippen LogP contribution in [0.2, 0.25) is 5.02 Å². The summed E-state index contributed by atoms with van der Waals surface area (Å²) < 4.78 is 42.8. The van der Waals surface area contributed by atoms with Gasteiger partial charge in [-0.25, -0.2) is 12.8 Å². The Bertz CT molecular complexity index is 1210. The first-order valence-corrected chi connectivity index (χ1v) is 11.0. The first kappa shape index (κ1) is 19.0. The van der Waals surface area contributed by atoms with E-state index in [1.165, 1.54) is 34.4 Å². The van der Waals surface area contributed by atoms with Crippen LogP contribution in [0, 0.1) is 5.82 Å². The quantitative estimate of drug-likeness (QED) is 0.640. The molecule has 0 atom stereocenters. The monoisotopic (exact) mass is 440 g/mol. The maximum atomic E-state index is 14.3. The lowest BCUT2D eigenvalue weighted by Crippen LogP contribution is -2.42. The number of amides is 1. The minimum absolute atomic E-state index is 0.0385. The lowest BCUT2D eigenvalue weighted by molar-refractivity contribution is 0.0651. The number of nitrogens with one attached hydrogen (secondary N) is 1. The largest absolute Gasteiger partial charge is 0.505 e. The molecular weight excluding hydrogens is 427 g/mol. The van der Waals surface area contributed by atoms with Crippen molar-refractivity contribution >= 4 is 54.6 Å². The average Bonchev–Trinajstić information content (AvgIpc) is 3.02. The molecule has 0 spiro atoms. The predicted octanol–water partition coefficient (Wildman–Crippen LogP) is 4.05. The molecule has 2 aromatic carbocycles. The SMILES string of the molecule is O=C(c1cc(Cl)c(O)c(S(=O)(=O)Nc2cc3ccsc3cc2F)c1)N1CCC1. The van der Waals surface area contributed by atoms with Crippen LogP contribution in [0.5, 0.6) is 5.75 Å². The fraction of sp³-hybridized carbons (Fsp3) is 0.167. The molecule has 6 nitrogen and oxygen atoms in total. The molecule has 3 aromatic rings. The molecule has 0 bridgehead atoms. The molecule has 28 heavy (non-hydrogen) atoms. The number of hydrogen-bond donors (Lipinski definition) is 2. The Kier molecular flexibility index (Phi) is 4.68. The molecule has 1 saturated heterocycles. The summed E-state index contributed by atoms with van der Waals surface area (Å²) in [5, 5.41) is 12.3. The van der Waals surface area contributed by atoms with Crippen LogP contribution in [0.25, 0.3) is 10.1 Å². The van der Waals surface area contributed by atoms with Crippen molar-refractivity contribution in [1.82, 2.24) is 4.90 Å². The number of rotatable bonds is 4. The first-order chi connectivity index (χ1) is 13.3. The molecule has 2 heterocycles. The Morgan fingerprint density at radius 3 is 2.68 bits per heavy atom. The standard InChI is InChI=1S/C18H14ClFN2O4S2/c19-12-6-11(18(24)22-3-1-4-22)8-16(17(12)23)28(25,26)21-14-7-10-2-5-27-15(10)9-13(14)20/h2,5-9,21,23H,1,3-4H2. The van der Waals surface area contributed by atoms with Crippen LogP contribution in [-0.4, -0.2) is 37.4 Å². The van der Waals surface area contributed by atoms with E-state index in [2.05, 4.69) is 4.72 Å². The van der Waals surface area contributed by atoms with Crippen molar-refractivity contribution in [3.05, 3.63) is 52.1 Å². The zero-order valence-electron chi connectivity index (χ0n) is 14.3. The summed E-state index contributed by atoms with van der Waals surface area (Å²) in [5.74, 6) is -1.83. The van der Waals surface area contributed by atoms with Gasteiger partial charge in [0.15, 0.2) is 5.75 Å². The van der Waals surface area contributed by atoms with Crippen molar-refractivity contribution in [2.75, 3.05) is 17.8 Å². The number of phenolic OH excluding ortho intramolecular Hbond substituents is 1. The number of fused-ring (bicyclic) bond motifs is 1. The Labute approximate surface area is 169 Å². The molecule has 0 unspecified atom stereocenters. The predicted molar refractivity (Wildman–Crippen MR) is 106 cm³/mol. The molecule has 10 heteroatoms. The van der Waals surface area contributed by atoms with Crippen molar-refractivity contribution in [2.45, 2.75) is 11.3 Å². The Morgan fingerprint density at radius 2 is 2.00 bits per heavy atom.